The lowest BCUT2D eigenvalue weighted by Crippen LogP contribution is -2.19. The summed E-state index contributed by atoms with van der Waals surface area (Å²) < 4.78 is 110. The Morgan fingerprint density at radius 3 is 1.09 bits per heavy atom. The first kappa shape index (κ1) is 32.8. The van der Waals surface area contributed by atoms with Crippen LogP contribution in [0.3, 0.4) is 0 Å². The van der Waals surface area contributed by atoms with Crippen LogP contribution in [-0.2, 0) is 22.2 Å². The first-order chi connectivity index (χ1) is 20.1. The molecule has 0 bridgehead atoms. The average molecular weight is 744 g/mol. The SMILES string of the molecule is O=S(=O)(C(C=Cc1ccc(Br)cc1)c1ccc(C(F)(F)F)cc1)C(C=Cc1ccc(Br)cc1)c1ccc(C(F)(F)F)cc1. The average Bonchev–Trinajstić information content (AvgIpc) is 2.94. The molecule has 2 unspecified atom stereocenters. The second kappa shape index (κ2) is 13.2. The van der Waals surface area contributed by atoms with Gasteiger partial charge < -0.3 is 0 Å². The van der Waals surface area contributed by atoms with E-state index < -0.39 is 43.8 Å². The third kappa shape index (κ3) is 8.49. The minimum atomic E-state index is -4.63. The molecule has 0 aliphatic heterocycles. The number of hydrogen-bond donors (Lipinski definition) is 0. The Labute approximate surface area is 261 Å². The molecule has 0 amide bonds. The molecule has 4 aromatic carbocycles. The lowest BCUT2D eigenvalue weighted by molar-refractivity contribution is -0.138. The van der Waals surface area contributed by atoms with Gasteiger partial charge >= 0.3 is 12.4 Å². The zero-order chi connectivity index (χ0) is 31.4. The van der Waals surface area contributed by atoms with Gasteiger partial charge in [0, 0.05) is 8.95 Å². The summed E-state index contributed by atoms with van der Waals surface area (Å²) in [4.78, 5) is 0. The van der Waals surface area contributed by atoms with Crippen LogP contribution >= 0.6 is 31.9 Å². The van der Waals surface area contributed by atoms with Crippen LogP contribution in [0.25, 0.3) is 12.2 Å². The second-order valence-electron chi connectivity index (χ2n) is 9.49. The van der Waals surface area contributed by atoms with Crippen molar-refractivity contribution in [3.8, 4) is 0 Å². The number of sulfone groups is 1. The molecule has 0 radical (unpaired) electrons. The van der Waals surface area contributed by atoms with E-state index in [1.54, 1.807) is 48.5 Å². The fourth-order valence-corrected chi connectivity index (χ4v) is 6.76. The number of benzene rings is 4. The van der Waals surface area contributed by atoms with Gasteiger partial charge in [-0.15, -0.1) is 0 Å². The first-order valence-electron chi connectivity index (χ1n) is 12.6. The minimum absolute atomic E-state index is 0.0651. The van der Waals surface area contributed by atoms with Gasteiger partial charge in [-0.25, -0.2) is 8.42 Å². The zero-order valence-electron chi connectivity index (χ0n) is 22.0. The van der Waals surface area contributed by atoms with Gasteiger partial charge in [-0.2, -0.15) is 26.3 Å². The van der Waals surface area contributed by atoms with Crippen molar-refractivity contribution in [2.45, 2.75) is 22.9 Å². The Morgan fingerprint density at radius 2 is 0.814 bits per heavy atom. The molecule has 43 heavy (non-hydrogen) atoms. The fraction of sp³-hybridized carbons (Fsp3) is 0.125. The molecule has 2 nitrogen and oxygen atoms in total. The highest BCUT2D eigenvalue weighted by atomic mass is 79.9. The van der Waals surface area contributed by atoms with Crippen LogP contribution in [0, 0.1) is 0 Å². The van der Waals surface area contributed by atoms with Gasteiger partial charge in [0.15, 0.2) is 9.84 Å². The predicted octanol–water partition coefficient (Wildman–Crippen LogP) is 10.9. The van der Waals surface area contributed by atoms with E-state index in [-0.39, 0.29) is 11.1 Å². The van der Waals surface area contributed by atoms with Gasteiger partial charge in [0.05, 0.1) is 11.1 Å². The van der Waals surface area contributed by atoms with Crippen LogP contribution in [0.1, 0.15) is 43.9 Å². The Bertz CT molecular complexity index is 1570. The van der Waals surface area contributed by atoms with Gasteiger partial charge in [0.25, 0.3) is 0 Å². The smallest absolute Gasteiger partial charge is 0.227 e. The summed E-state index contributed by atoms with van der Waals surface area (Å²) in [5.74, 6) is 0. The topological polar surface area (TPSA) is 34.1 Å². The van der Waals surface area contributed by atoms with Crippen molar-refractivity contribution in [3.05, 3.63) is 152 Å². The summed E-state index contributed by atoms with van der Waals surface area (Å²) >= 11 is 6.65. The van der Waals surface area contributed by atoms with E-state index in [1.807, 2.05) is 0 Å². The van der Waals surface area contributed by atoms with E-state index in [9.17, 15) is 34.8 Å². The molecule has 4 rings (SSSR count). The molecule has 0 aliphatic carbocycles. The Kier molecular flexibility index (Phi) is 10.1. The molecular formula is C32H22Br2F6O2S. The van der Waals surface area contributed by atoms with Gasteiger partial charge in [0.2, 0.25) is 0 Å². The van der Waals surface area contributed by atoms with E-state index in [1.165, 1.54) is 24.3 Å². The van der Waals surface area contributed by atoms with Crippen molar-refractivity contribution in [2.24, 2.45) is 0 Å². The first-order valence-corrected chi connectivity index (χ1v) is 15.8. The normalized spacial score (nSPS) is 14.3. The fourth-order valence-electron chi connectivity index (χ4n) is 4.25. The lowest BCUT2D eigenvalue weighted by atomic mass is 10.1. The number of halogens is 8. The van der Waals surface area contributed by atoms with Crippen LogP contribution in [0.2, 0.25) is 0 Å². The quantitative estimate of drug-likeness (QED) is 0.168. The Morgan fingerprint density at radius 1 is 0.512 bits per heavy atom. The highest BCUT2D eigenvalue weighted by Crippen LogP contribution is 2.39. The van der Waals surface area contributed by atoms with E-state index >= 15 is 0 Å². The van der Waals surface area contributed by atoms with Crippen molar-refractivity contribution in [1.82, 2.24) is 0 Å². The van der Waals surface area contributed by atoms with Crippen LogP contribution in [0.5, 0.6) is 0 Å². The molecule has 11 heteroatoms. The molecule has 0 aliphatic rings. The molecule has 0 spiro atoms. The summed E-state index contributed by atoms with van der Waals surface area (Å²) in [7, 11) is -4.38. The molecule has 4 aromatic rings. The third-order valence-electron chi connectivity index (χ3n) is 6.51. The summed E-state index contributed by atoms with van der Waals surface area (Å²) in [6, 6.07) is 21.4. The monoisotopic (exact) mass is 742 g/mol. The standard InChI is InChI=1S/C32H22Br2F6O2S/c33-27-15-1-21(2-16-27)5-19-29(23-7-11-25(12-8-23)31(35,36)37)43(41,42)30(20-6-22-3-17-28(34)18-4-22)24-9-13-26(14-10-24)32(38,39)40/h1-20,29-30H. The number of rotatable bonds is 8. The second-order valence-corrected chi connectivity index (χ2v) is 13.5. The number of alkyl halides is 6. The maximum absolute atomic E-state index is 14.4. The lowest BCUT2D eigenvalue weighted by Gasteiger charge is -2.22. The molecule has 0 aromatic heterocycles. The molecule has 224 valence electrons. The molecule has 0 N–H and O–H groups in total. The van der Waals surface area contributed by atoms with Crippen LogP contribution < -0.4 is 0 Å². The predicted molar refractivity (Wildman–Crippen MR) is 164 cm³/mol. The van der Waals surface area contributed by atoms with E-state index in [0.717, 1.165) is 57.5 Å². The van der Waals surface area contributed by atoms with Gasteiger partial charge in [-0.1, -0.05) is 105 Å². The van der Waals surface area contributed by atoms with Gasteiger partial charge in [-0.3, -0.25) is 0 Å². The van der Waals surface area contributed by atoms with Crippen molar-refractivity contribution < 1.29 is 34.8 Å². The summed E-state index contributed by atoms with van der Waals surface area (Å²) in [5.41, 5.74) is -0.498. The highest BCUT2D eigenvalue weighted by molar-refractivity contribution is 9.10. The van der Waals surface area contributed by atoms with E-state index in [2.05, 4.69) is 31.9 Å². The van der Waals surface area contributed by atoms with Crippen LogP contribution in [-0.4, -0.2) is 8.42 Å². The van der Waals surface area contributed by atoms with Crippen LogP contribution in [0.15, 0.2) is 118 Å². The van der Waals surface area contributed by atoms with Crippen molar-refractivity contribution in [2.75, 3.05) is 0 Å². The molecular weight excluding hydrogens is 722 g/mol. The summed E-state index contributed by atoms with van der Waals surface area (Å²) in [6.45, 7) is 0. The minimum Gasteiger partial charge on any atom is -0.227 e. The van der Waals surface area contributed by atoms with Crippen LogP contribution in [0.4, 0.5) is 26.3 Å². The Balaban J connectivity index is 1.85. The highest BCUT2D eigenvalue weighted by Gasteiger charge is 2.36. The maximum atomic E-state index is 14.4. The van der Waals surface area contributed by atoms with Crippen molar-refractivity contribution in [1.29, 1.82) is 0 Å². The van der Waals surface area contributed by atoms with Crippen molar-refractivity contribution >= 4 is 53.8 Å². The largest absolute Gasteiger partial charge is 0.416 e. The van der Waals surface area contributed by atoms with E-state index in [4.69, 9.17) is 0 Å². The van der Waals surface area contributed by atoms with E-state index in [0.29, 0.717) is 11.1 Å². The third-order valence-corrected chi connectivity index (χ3v) is 9.84. The van der Waals surface area contributed by atoms with Gasteiger partial charge in [-0.05, 0) is 70.8 Å². The summed E-state index contributed by atoms with van der Waals surface area (Å²) in [5, 5.41) is -2.89. The zero-order valence-corrected chi connectivity index (χ0v) is 25.9. The molecule has 0 saturated heterocycles. The number of hydrogen-bond acceptors (Lipinski definition) is 2. The molecule has 0 heterocycles. The van der Waals surface area contributed by atoms with Gasteiger partial charge in [0.1, 0.15) is 10.5 Å². The Hall–Kier alpha value is -3.15. The molecule has 0 saturated carbocycles. The molecule has 2 atom stereocenters. The summed E-state index contributed by atoms with van der Waals surface area (Å²) in [6.07, 6.45) is -3.45. The van der Waals surface area contributed by atoms with Crippen molar-refractivity contribution in [3.63, 3.8) is 0 Å². The maximum Gasteiger partial charge on any atom is 0.416 e. The molecule has 0 fully saturated rings.